The normalized spacial score (nSPS) is 10.9. The molecule has 0 saturated heterocycles. The molecule has 0 heterocycles. The van der Waals surface area contributed by atoms with Crippen molar-refractivity contribution < 1.29 is 9.53 Å². The predicted molar refractivity (Wildman–Crippen MR) is 103 cm³/mol. The summed E-state index contributed by atoms with van der Waals surface area (Å²) in [6.07, 6.45) is 11.9. The van der Waals surface area contributed by atoms with E-state index in [1.807, 2.05) is 30.3 Å². The zero-order valence-electron chi connectivity index (χ0n) is 14.9. The van der Waals surface area contributed by atoms with Gasteiger partial charge in [0.25, 0.3) is 0 Å². The molecular formula is C20H30NO2Si. The van der Waals surface area contributed by atoms with Gasteiger partial charge in [-0.05, 0) is 36.6 Å². The Morgan fingerprint density at radius 3 is 2.50 bits per heavy atom. The van der Waals surface area contributed by atoms with Gasteiger partial charge < -0.3 is 10.1 Å². The van der Waals surface area contributed by atoms with Crippen LogP contribution in [0.5, 0.6) is 5.75 Å². The Bertz CT molecular complexity index is 471. The van der Waals surface area contributed by atoms with Gasteiger partial charge in [0.2, 0.25) is 5.91 Å². The largest absolute Gasteiger partial charge is 0.494 e. The highest BCUT2D eigenvalue weighted by atomic mass is 28.1. The van der Waals surface area contributed by atoms with Crippen LogP contribution in [0.2, 0.25) is 6.04 Å². The van der Waals surface area contributed by atoms with Gasteiger partial charge in [-0.25, -0.2) is 0 Å². The minimum atomic E-state index is -0.0569. The maximum absolute atomic E-state index is 11.6. The molecule has 0 aliphatic heterocycles. The van der Waals surface area contributed by atoms with Crippen molar-refractivity contribution in [2.45, 2.75) is 57.9 Å². The average Bonchev–Trinajstić information content (AvgIpc) is 2.60. The third kappa shape index (κ3) is 10.3. The molecule has 1 N–H and O–H groups in total. The first kappa shape index (κ1) is 20.5. The Labute approximate surface area is 150 Å². The van der Waals surface area contributed by atoms with Gasteiger partial charge in [0, 0.05) is 22.9 Å². The van der Waals surface area contributed by atoms with E-state index in [4.69, 9.17) is 4.74 Å². The molecule has 0 aliphatic rings. The van der Waals surface area contributed by atoms with E-state index in [9.17, 15) is 4.79 Å². The van der Waals surface area contributed by atoms with Crippen molar-refractivity contribution in [1.82, 2.24) is 5.32 Å². The number of hydrogen-bond acceptors (Lipinski definition) is 2. The highest BCUT2D eigenvalue weighted by Gasteiger charge is 1.97. The summed E-state index contributed by atoms with van der Waals surface area (Å²) in [5.41, 5.74) is 0.997. The molecule has 0 atom stereocenters. The third-order valence-electron chi connectivity index (χ3n) is 3.73. The summed E-state index contributed by atoms with van der Waals surface area (Å²) in [7, 11) is 3.38. The molecule has 1 rings (SSSR count). The van der Waals surface area contributed by atoms with Crippen molar-refractivity contribution in [3.8, 4) is 5.75 Å². The summed E-state index contributed by atoms with van der Waals surface area (Å²) in [4.78, 5) is 11.6. The molecule has 0 aromatic heterocycles. The van der Waals surface area contributed by atoms with E-state index >= 15 is 0 Å². The number of amides is 1. The Morgan fingerprint density at radius 2 is 1.79 bits per heavy atom. The maximum atomic E-state index is 11.6. The monoisotopic (exact) mass is 344 g/mol. The highest BCUT2D eigenvalue weighted by Crippen LogP contribution is 2.14. The van der Waals surface area contributed by atoms with Crippen molar-refractivity contribution >= 4 is 22.2 Å². The molecule has 0 saturated carbocycles. The fraction of sp³-hybridized carbons (Fsp3) is 0.550. The SMILES string of the molecule is CCCCCCCCOc1ccc(/C=C/C(=O)NCCC[Si])cc1. The lowest BCUT2D eigenvalue weighted by Crippen LogP contribution is -2.21. The second-order valence-corrected chi connectivity index (χ2v) is 6.41. The molecule has 131 valence electrons. The van der Waals surface area contributed by atoms with Crippen LogP contribution in [0.3, 0.4) is 0 Å². The average molecular weight is 345 g/mol. The van der Waals surface area contributed by atoms with Crippen LogP contribution in [0.25, 0.3) is 6.08 Å². The van der Waals surface area contributed by atoms with E-state index in [2.05, 4.69) is 22.5 Å². The van der Waals surface area contributed by atoms with E-state index in [-0.39, 0.29) is 5.91 Å². The Kier molecular flexibility index (Phi) is 11.8. The molecule has 1 amide bonds. The van der Waals surface area contributed by atoms with Crippen LogP contribution in [0.4, 0.5) is 0 Å². The minimum Gasteiger partial charge on any atom is -0.494 e. The van der Waals surface area contributed by atoms with Crippen LogP contribution in [0.15, 0.2) is 30.3 Å². The number of hydrogen-bond donors (Lipinski definition) is 1. The Balaban J connectivity index is 2.21. The number of nitrogens with one attached hydrogen (secondary N) is 1. The van der Waals surface area contributed by atoms with Crippen LogP contribution < -0.4 is 10.1 Å². The standard InChI is InChI=1S/C20H30NO2Si/c1-2-3-4-5-6-7-16-23-19-12-9-18(10-13-19)11-14-20(22)21-15-8-17-24/h9-14H,2-8,15-17H2,1H3,(H,21,22)/b14-11+. The Hall–Kier alpha value is -1.55. The molecule has 0 spiro atoms. The predicted octanol–water partition coefficient (Wildman–Crippen LogP) is 4.53. The van der Waals surface area contributed by atoms with Crippen molar-refractivity contribution in [2.75, 3.05) is 13.2 Å². The third-order valence-corrected chi connectivity index (χ3v) is 4.08. The lowest BCUT2D eigenvalue weighted by Gasteiger charge is -2.06. The van der Waals surface area contributed by atoms with Gasteiger partial charge in [-0.15, -0.1) is 0 Å². The van der Waals surface area contributed by atoms with Crippen LogP contribution in [-0.2, 0) is 4.79 Å². The van der Waals surface area contributed by atoms with E-state index in [1.54, 1.807) is 6.08 Å². The first-order valence-corrected chi connectivity index (χ1v) is 9.80. The summed E-state index contributed by atoms with van der Waals surface area (Å²) < 4.78 is 5.75. The molecule has 0 fully saturated rings. The van der Waals surface area contributed by atoms with Crippen LogP contribution in [0, 0.1) is 0 Å². The van der Waals surface area contributed by atoms with Crippen molar-refractivity contribution in [3.63, 3.8) is 0 Å². The Morgan fingerprint density at radius 1 is 1.08 bits per heavy atom. The minimum absolute atomic E-state index is 0.0569. The zero-order chi connectivity index (χ0) is 17.5. The molecule has 0 bridgehead atoms. The van der Waals surface area contributed by atoms with E-state index in [0.717, 1.165) is 36.8 Å². The lowest BCUT2D eigenvalue weighted by molar-refractivity contribution is -0.116. The van der Waals surface area contributed by atoms with Gasteiger partial charge in [-0.1, -0.05) is 57.2 Å². The van der Waals surface area contributed by atoms with E-state index in [0.29, 0.717) is 6.54 Å². The number of ether oxygens (including phenoxy) is 1. The van der Waals surface area contributed by atoms with Gasteiger partial charge in [0.05, 0.1) is 6.61 Å². The number of rotatable bonds is 13. The molecule has 1 aromatic carbocycles. The van der Waals surface area contributed by atoms with Gasteiger partial charge in [-0.3, -0.25) is 4.79 Å². The molecule has 24 heavy (non-hydrogen) atoms. The van der Waals surface area contributed by atoms with Crippen molar-refractivity contribution in [2.24, 2.45) is 0 Å². The molecule has 3 radical (unpaired) electrons. The zero-order valence-corrected chi connectivity index (χ0v) is 15.9. The van der Waals surface area contributed by atoms with Gasteiger partial charge >= 0.3 is 0 Å². The summed E-state index contributed by atoms with van der Waals surface area (Å²) in [5.74, 6) is 0.834. The topological polar surface area (TPSA) is 38.3 Å². The fourth-order valence-electron chi connectivity index (χ4n) is 2.28. The van der Waals surface area contributed by atoms with Crippen molar-refractivity contribution in [1.29, 1.82) is 0 Å². The quantitative estimate of drug-likeness (QED) is 0.324. The van der Waals surface area contributed by atoms with Gasteiger partial charge in [-0.2, -0.15) is 0 Å². The maximum Gasteiger partial charge on any atom is 0.243 e. The van der Waals surface area contributed by atoms with E-state index in [1.165, 1.54) is 32.1 Å². The molecule has 0 aliphatic carbocycles. The molecule has 4 heteroatoms. The number of carbonyl (C=O) groups excluding carboxylic acids is 1. The smallest absolute Gasteiger partial charge is 0.243 e. The molecule has 0 unspecified atom stereocenters. The van der Waals surface area contributed by atoms with Crippen molar-refractivity contribution in [3.05, 3.63) is 35.9 Å². The first-order chi connectivity index (χ1) is 11.8. The second kappa shape index (κ2) is 13.8. The van der Waals surface area contributed by atoms with Gasteiger partial charge in [0.1, 0.15) is 5.75 Å². The summed E-state index contributed by atoms with van der Waals surface area (Å²) in [6, 6.07) is 8.75. The number of carbonyl (C=O) groups is 1. The van der Waals surface area contributed by atoms with Crippen LogP contribution in [0.1, 0.15) is 57.4 Å². The summed E-state index contributed by atoms with van der Waals surface area (Å²) in [5, 5.41) is 2.84. The fourth-order valence-corrected chi connectivity index (χ4v) is 2.46. The highest BCUT2D eigenvalue weighted by molar-refractivity contribution is 6.08. The van der Waals surface area contributed by atoms with Crippen LogP contribution in [-0.4, -0.2) is 29.3 Å². The molecular weight excluding hydrogens is 314 g/mol. The summed E-state index contributed by atoms with van der Waals surface area (Å²) >= 11 is 0. The second-order valence-electron chi connectivity index (χ2n) is 5.91. The number of unbranched alkanes of at least 4 members (excludes halogenated alkanes) is 5. The van der Waals surface area contributed by atoms with Crippen LogP contribution >= 0.6 is 0 Å². The first-order valence-electron chi connectivity index (χ1n) is 9.09. The number of benzene rings is 1. The van der Waals surface area contributed by atoms with E-state index < -0.39 is 0 Å². The van der Waals surface area contributed by atoms with Gasteiger partial charge in [0.15, 0.2) is 0 Å². The lowest BCUT2D eigenvalue weighted by atomic mass is 10.1. The molecule has 3 nitrogen and oxygen atoms in total. The summed E-state index contributed by atoms with van der Waals surface area (Å²) in [6.45, 7) is 3.70. The molecule has 1 aromatic rings.